The molecule has 3 heteroatoms. The van der Waals surface area contributed by atoms with Crippen molar-refractivity contribution in [2.45, 2.75) is 0 Å². The fourth-order valence-electron chi connectivity index (χ4n) is 1.45. The average molecular weight is 229 g/mol. The number of benzene rings is 2. The third kappa shape index (κ3) is 2.25. The van der Waals surface area contributed by atoms with Gasteiger partial charge < -0.3 is 4.72 Å². The monoisotopic (exact) mass is 229 g/mol. The Morgan fingerprint density at radius 1 is 0.875 bits per heavy atom. The van der Waals surface area contributed by atoms with Crippen molar-refractivity contribution in [1.82, 2.24) is 0 Å². The molecule has 2 aromatic carbocycles. The second-order valence-electron chi connectivity index (χ2n) is 3.38. The summed E-state index contributed by atoms with van der Waals surface area (Å²) in [6, 6.07) is 16.5. The van der Waals surface area contributed by atoms with Crippen molar-refractivity contribution in [3.63, 3.8) is 0 Å². The average Bonchev–Trinajstić information content (AvgIpc) is 2.39. The van der Waals surface area contributed by atoms with Crippen LogP contribution in [-0.4, -0.2) is 5.78 Å². The van der Waals surface area contributed by atoms with E-state index in [2.05, 4.69) is 17.5 Å². The van der Waals surface area contributed by atoms with Gasteiger partial charge in [0, 0.05) is 16.8 Å². The number of rotatable bonds is 3. The van der Waals surface area contributed by atoms with Crippen LogP contribution in [0.4, 0.5) is 5.69 Å². The lowest BCUT2D eigenvalue weighted by Crippen LogP contribution is -2.00. The Bertz CT molecular complexity index is 479. The van der Waals surface area contributed by atoms with E-state index in [-0.39, 0.29) is 5.78 Å². The zero-order valence-electron chi connectivity index (χ0n) is 8.55. The number of carbonyl (C=O) groups excluding carboxylic acids is 1. The van der Waals surface area contributed by atoms with Gasteiger partial charge in [-0.15, -0.1) is 0 Å². The molecule has 0 saturated heterocycles. The first kappa shape index (κ1) is 10.8. The summed E-state index contributed by atoms with van der Waals surface area (Å²) in [5.74, 6) is 0.0336. The SMILES string of the molecule is O=C(c1ccccc1)c1ccc(NS)cc1. The van der Waals surface area contributed by atoms with Crippen molar-refractivity contribution in [2.24, 2.45) is 0 Å². The van der Waals surface area contributed by atoms with Crippen LogP contribution in [0.3, 0.4) is 0 Å². The molecule has 2 aromatic rings. The molecule has 0 aliphatic heterocycles. The first-order chi connectivity index (χ1) is 7.81. The zero-order chi connectivity index (χ0) is 11.4. The Kier molecular flexibility index (Phi) is 3.27. The summed E-state index contributed by atoms with van der Waals surface area (Å²) in [7, 11) is 0. The quantitative estimate of drug-likeness (QED) is 0.625. The van der Waals surface area contributed by atoms with E-state index in [1.165, 1.54) is 0 Å². The summed E-state index contributed by atoms with van der Waals surface area (Å²) in [4.78, 5) is 12.0. The number of carbonyl (C=O) groups is 1. The van der Waals surface area contributed by atoms with Gasteiger partial charge in [-0.25, -0.2) is 0 Å². The Hall–Kier alpha value is -1.74. The maximum Gasteiger partial charge on any atom is 0.193 e. The summed E-state index contributed by atoms with van der Waals surface area (Å²) >= 11 is 3.93. The Morgan fingerprint density at radius 2 is 1.44 bits per heavy atom. The molecular formula is C13H11NOS. The molecule has 80 valence electrons. The number of nitrogens with one attached hydrogen (secondary N) is 1. The van der Waals surface area contributed by atoms with Crippen LogP contribution < -0.4 is 4.72 Å². The van der Waals surface area contributed by atoms with Crippen LogP contribution in [0.1, 0.15) is 15.9 Å². The van der Waals surface area contributed by atoms with E-state index in [0.717, 1.165) is 5.69 Å². The molecule has 0 atom stereocenters. The molecular weight excluding hydrogens is 218 g/mol. The molecule has 0 spiro atoms. The predicted octanol–water partition coefficient (Wildman–Crippen LogP) is 3.17. The lowest BCUT2D eigenvalue weighted by molar-refractivity contribution is 0.103. The number of anilines is 1. The van der Waals surface area contributed by atoms with Gasteiger partial charge in [-0.05, 0) is 24.3 Å². The van der Waals surface area contributed by atoms with Gasteiger partial charge in [0.25, 0.3) is 0 Å². The third-order valence-electron chi connectivity index (χ3n) is 2.31. The van der Waals surface area contributed by atoms with Crippen molar-refractivity contribution in [1.29, 1.82) is 0 Å². The summed E-state index contributed by atoms with van der Waals surface area (Å²) in [6.07, 6.45) is 0. The van der Waals surface area contributed by atoms with Crippen molar-refractivity contribution in [2.75, 3.05) is 4.72 Å². The first-order valence-corrected chi connectivity index (χ1v) is 5.36. The molecule has 0 bridgehead atoms. The summed E-state index contributed by atoms with van der Waals surface area (Å²) < 4.78 is 2.72. The van der Waals surface area contributed by atoms with E-state index in [1.807, 2.05) is 42.5 Å². The van der Waals surface area contributed by atoms with Crippen LogP contribution in [0.5, 0.6) is 0 Å². The second-order valence-corrected chi connectivity index (χ2v) is 3.61. The minimum absolute atomic E-state index is 0.0336. The molecule has 0 heterocycles. The highest BCUT2D eigenvalue weighted by Gasteiger charge is 2.07. The maximum absolute atomic E-state index is 12.0. The van der Waals surface area contributed by atoms with Crippen LogP contribution in [0.25, 0.3) is 0 Å². The summed E-state index contributed by atoms with van der Waals surface area (Å²) in [5, 5.41) is 0. The maximum atomic E-state index is 12.0. The highest BCUT2D eigenvalue weighted by atomic mass is 32.1. The van der Waals surface area contributed by atoms with Crippen molar-refractivity contribution < 1.29 is 4.79 Å². The van der Waals surface area contributed by atoms with Crippen LogP contribution in [0.15, 0.2) is 54.6 Å². The van der Waals surface area contributed by atoms with Gasteiger partial charge in [-0.3, -0.25) is 4.79 Å². The Labute approximate surface area is 99.9 Å². The molecule has 0 radical (unpaired) electrons. The third-order valence-corrected chi connectivity index (χ3v) is 2.57. The van der Waals surface area contributed by atoms with Crippen molar-refractivity contribution in [3.8, 4) is 0 Å². The fraction of sp³-hybridized carbons (Fsp3) is 0. The first-order valence-electron chi connectivity index (χ1n) is 4.91. The van der Waals surface area contributed by atoms with E-state index in [1.54, 1.807) is 12.1 Å². The van der Waals surface area contributed by atoms with Crippen LogP contribution in [0, 0.1) is 0 Å². The van der Waals surface area contributed by atoms with E-state index in [0.29, 0.717) is 11.1 Å². The molecule has 0 fully saturated rings. The van der Waals surface area contributed by atoms with Gasteiger partial charge in [0.1, 0.15) is 0 Å². The van der Waals surface area contributed by atoms with E-state index in [9.17, 15) is 4.79 Å². The Morgan fingerprint density at radius 3 is 2.00 bits per heavy atom. The highest BCUT2D eigenvalue weighted by Crippen LogP contribution is 2.13. The minimum Gasteiger partial charge on any atom is -0.332 e. The molecule has 0 aliphatic carbocycles. The minimum atomic E-state index is 0.0336. The molecule has 1 N–H and O–H groups in total. The second kappa shape index (κ2) is 4.86. The molecule has 0 aromatic heterocycles. The topological polar surface area (TPSA) is 29.1 Å². The predicted molar refractivity (Wildman–Crippen MR) is 68.9 cm³/mol. The zero-order valence-corrected chi connectivity index (χ0v) is 9.45. The van der Waals surface area contributed by atoms with Crippen LogP contribution in [0.2, 0.25) is 0 Å². The van der Waals surface area contributed by atoms with Crippen LogP contribution >= 0.6 is 12.8 Å². The lowest BCUT2D eigenvalue weighted by atomic mass is 10.0. The summed E-state index contributed by atoms with van der Waals surface area (Å²) in [5.41, 5.74) is 2.25. The standard InChI is InChI=1S/C13H11NOS/c15-13(10-4-2-1-3-5-10)11-6-8-12(14-16)9-7-11/h1-9,14,16H. The molecule has 16 heavy (non-hydrogen) atoms. The van der Waals surface area contributed by atoms with E-state index < -0.39 is 0 Å². The van der Waals surface area contributed by atoms with Gasteiger partial charge in [0.15, 0.2) is 5.78 Å². The van der Waals surface area contributed by atoms with Crippen molar-refractivity contribution in [3.05, 3.63) is 65.7 Å². The molecule has 0 amide bonds. The van der Waals surface area contributed by atoms with Gasteiger partial charge in [-0.1, -0.05) is 43.1 Å². The van der Waals surface area contributed by atoms with Gasteiger partial charge >= 0.3 is 0 Å². The van der Waals surface area contributed by atoms with Gasteiger partial charge in [0.05, 0.1) is 0 Å². The fourth-order valence-corrected chi connectivity index (χ4v) is 1.60. The number of thiol groups is 1. The molecule has 0 aliphatic rings. The Balaban J connectivity index is 2.28. The highest BCUT2D eigenvalue weighted by molar-refractivity contribution is 7.81. The largest absolute Gasteiger partial charge is 0.332 e. The molecule has 2 nitrogen and oxygen atoms in total. The van der Waals surface area contributed by atoms with E-state index >= 15 is 0 Å². The molecule has 0 unspecified atom stereocenters. The number of hydrogen-bond acceptors (Lipinski definition) is 3. The molecule has 2 rings (SSSR count). The number of ketones is 1. The number of hydrogen-bond donors (Lipinski definition) is 2. The lowest BCUT2D eigenvalue weighted by Gasteiger charge is -2.02. The molecule has 0 saturated carbocycles. The summed E-state index contributed by atoms with van der Waals surface area (Å²) in [6.45, 7) is 0. The van der Waals surface area contributed by atoms with Gasteiger partial charge in [0.2, 0.25) is 0 Å². The normalized spacial score (nSPS) is 9.81. The van der Waals surface area contributed by atoms with Gasteiger partial charge in [-0.2, -0.15) is 0 Å². The van der Waals surface area contributed by atoms with Crippen LogP contribution in [-0.2, 0) is 0 Å². The van der Waals surface area contributed by atoms with E-state index in [4.69, 9.17) is 0 Å². The smallest absolute Gasteiger partial charge is 0.193 e. The van der Waals surface area contributed by atoms with Crippen molar-refractivity contribution >= 4 is 24.3 Å².